The zero-order valence-corrected chi connectivity index (χ0v) is 21.2. The molecule has 4 rings (SSSR count). The third kappa shape index (κ3) is 4.48. The Morgan fingerprint density at radius 1 is 0.972 bits per heavy atom. The van der Waals surface area contributed by atoms with Gasteiger partial charge in [-0.25, -0.2) is 13.1 Å². The topological polar surface area (TPSA) is 114 Å². The fourth-order valence-electron chi connectivity index (χ4n) is 4.04. The van der Waals surface area contributed by atoms with Crippen LogP contribution in [0.5, 0.6) is 23.0 Å². The summed E-state index contributed by atoms with van der Waals surface area (Å²) in [4.78, 5) is -0.350. The quantitative estimate of drug-likeness (QED) is 0.368. The lowest BCUT2D eigenvalue weighted by molar-refractivity contribution is 0.347. The molecule has 0 bridgehead atoms. The van der Waals surface area contributed by atoms with E-state index in [4.69, 9.17) is 9.47 Å². The number of aromatic nitrogens is 2. The van der Waals surface area contributed by atoms with Crippen LogP contribution in [0.3, 0.4) is 0 Å². The lowest BCUT2D eigenvalue weighted by Gasteiger charge is -2.21. The molecular weight excluding hydrogens is 482 g/mol. The Labute approximate surface area is 209 Å². The van der Waals surface area contributed by atoms with Crippen LogP contribution in [-0.4, -0.2) is 54.0 Å². The van der Waals surface area contributed by atoms with E-state index < -0.39 is 15.8 Å². The monoisotopic (exact) mass is 509 g/mol. The molecule has 0 unspecified atom stereocenters. The van der Waals surface area contributed by atoms with Gasteiger partial charge in [0, 0.05) is 30.8 Å². The Kier molecular flexibility index (Phi) is 6.91. The smallest absolute Gasteiger partial charge is 0.246 e. The van der Waals surface area contributed by atoms with Gasteiger partial charge in [0.2, 0.25) is 10.0 Å². The van der Waals surface area contributed by atoms with Crippen molar-refractivity contribution in [1.29, 1.82) is 0 Å². The van der Waals surface area contributed by atoms with E-state index in [2.05, 4.69) is 5.10 Å². The first kappa shape index (κ1) is 25.1. The highest BCUT2D eigenvalue weighted by molar-refractivity contribution is 7.89. The van der Waals surface area contributed by atoms with E-state index >= 15 is 0 Å². The van der Waals surface area contributed by atoms with E-state index in [0.29, 0.717) is 22.8 Å². The van der Waals surface area contributed by atoms with Crippen molar-refractivity contribution in [3.8, 4) is 39.9 Å². The van der Waals surface area contributed by atoms with Crippen LogP contribution < -0.4 is 9.47 Å². The molecule has 3 aromatic carbocycles. The summed E-state index contributed by atoms with van der Waals surface area (Å²) in [5.41, 5.74) is 2.98. The minimum atomic E-state index is -4.18. The average Bonchev–Trinajstić information content (AvgIpc) is 3.33. The minimum Gasteiger partial charge on any atom is -0.507 e. The van der Waals surface area contributed by atoms with Crippen molar-refractivity contribution in [2.24, 2.45) is 0 Å². The Balaban J connectivity index is 1.77. The Morgan fingerprint density at radius 2 is 1.72 bits per heavy atom. The molecule has 0 spiro atoms. The number of ether oxygens (including phenoxy) is 2. The molecule has 0 saturated heterocycles. The van der Waals surface area contributed by atoms with Gasteiger partial charge in [-0.05, 0) is 36.8 Å². The zero-order valence-electron chi connectivity index (χ0n) is 20.3. The summed E-state index contributed by atoms with van der Waals surface area (Å²) in [6, 6.07) is 16.7. The molecule has 36 heavy (non-hydrogen) atoms. The number of methoxy groups -OCH3 is 2. The van der Waals surface area contributed by atoms with E-state index in [1.165, 1.54) is 27.3 Å². The summed E-state index contributed by atoms with van der Waals surface area (Å²) in [5.74, 6) is 0.0430. The largest absolute Gasteiger partial charge is 0.507 e. The predicted molar refractivity (Wildman–Crippen MR) is 135 cm³/mol. The van der Waals surface area contributed by atoms with Crippen molar-refractivity contribution >= 4 is 10.0 Å². The van der Waals surface area contributed by atoms with Crippen molar-refractivity contribution in [1.82, 2.24) is 14.1 Å². The maximum Gasteiger partial charge on any atom is 0.246 e. The van der Waals surface area contributed by atoms with E-state index in [1.807, 2.05) is 31.2 Å². The number of rotatable bonds is 8. The van der Waals surface area contributed by atoms with Crippen LogP contribution >= 0.6 is 0 Å². The Hall–Kier alpha value is -4.02. The second-order valence-corrected chi connectivity index (χ2v) is 10.2. The van der Waals surface area contributed by atoms with Crippen LogP contribution in [0.15, 0.2) is 71.8 Å². The van der Waals surface area contributed by atoms with Crippen molar-refractivity contribution in [3.05, 3.63) is 78.0 Å². The summed E-state index contributed by atoms with van der Waals surface area (Å²) in [6.45, 7) is 1.88. The second-order valence-electron chi connectivity index (χ2n) is 8.17. The molecule has 0 aliphatic rings. The molecule has 0 amide bonds. The number of para-hydroxylation sites is 2. The summed E-state index contributed by atoms with van der Waals surface area (Å²) in [6.07, 6.45) is 1.56. The van der Waals surface area contributed by atoms with Crippen LogP contribution in [0, 0.1) is 6.92 Å². The van der Waals surface area contributed by atoms with Crippen LogP contribution in [0.25, 0.3) is 16.9 Å². The molecule has 2 N–H and O–H groups in total. The highest BCUT2D eigenvalue weighted by Crippen LogP contribution is 2.39. The number of phenolic OH excluding ortho intramolecular Hbond substituents is 2. The standard InChI is InChI=1S/C26H27N3O6S/c1-17-8-5-6-10-20(17)29-21(12-13-27-29)19-14-25(23(31)15-22(19)30)36(32,33)28(2)16-18-9-7-11-24(34-3)26(18)35-4/h5-15,30-31H,16H2,1-4H3. The Morgan fingerprint density at radius 3 is 2.42 bits per heavy atom. The summed E-state index contributed by atoms with van der Waals surface area (Å²) in [5, 5.41) is 25.6. The van der Waals surface area contributed by atoms with Gasteiger partial charge in [-0.3, -0.25) is 0 Å². The summed E-state index contributed by atoms with van der Waals surface area (Å²) >= 11 is 0. The molecule has 0 aliphatic carbocycles. The van der Waals surface area contributed by atoms with Crippen LogP contribution in [0.2, 0.25) is 0 Å². The van der Waals surface area contributed by atoms with E-state index in [-0.39, 0.29) is 22.8 Å². The number of aromatic hydroxyl groups is 2. The fraction of sp³-hybridized carbons (Fsp3) is 0.192. The van der Waals surface area contributed by atoms with Gasteiger partial charge < -0.3 is 19.7 Å². The predicted octanol–water partition coefficient (Wildman–Crippen LogP) is 4.10. The first-order chi connectivity index (χ1) is 17.2. The molecule has 0 aliphatic heterocycles. The lowest BCUT2D eigenvalue weighted by Crippen LogP contribution is -2.27. The van der Waals surface area contributed by atoms with Gasteiger partial charge >= 0.3 is 0 Å². The molecule has 0 atom stereocenters. The molecule has 4 aromatic rings. The third-order valence-corrected chi connectivity index (χ3v) is 7.74. The molecule has 0 fully saturated rings. The van der Waals surface area contributed by atoms with Gasteiger partial charge in [0.25, 0.3) is 0 Å². The van der Waals surface area contributed by atoms with Gasteiger partial charge in [0.1, 0.15) is 16.4 Å². The fourth-order valence-corrected chi connectivity index (χ4v) is 5.28. The van der Waals surface area contributed by atoms with Crippen LogP contribution in [0.4, 0.5) is 0 Å². The molecule has 10 heteroatoms. The SMILES string of the molecule is COc1cccc(CN(C)S(=O)(=O)c2cc(-c3ccnn3-c3ccccc3C)c(O)cc2O)c1OC. The number of nitrogens with zero attached hydrogens (tertiary/aromatic N) is 3. The van der Waals surface area contributed by atoms with E-state index in [9.17, 15) is 18.6 Å². The molecular formula is C26H27N3O6S. The zero-order chi connectivity index (χ0) is 26.0. The number of hydrogen-bond donors (Lipinski definition) is 2. The Bertz CT molecular complexity index is 1510. The molecule has 0 saturated carbocycles. The van der Waals surface area contributed by atoms with Crippen molar-refractivity contribution in [2.45, 2.75) is 18.4 Å². The number of hydrogen-bond acceptors (Lipinski definition) is 7. The minimum absolute atomic E-state index is 0.0422. The van der Waals surface area contributed by atoms with Crippen LogP contribution in [0.1, 0.15) is 11.1 Å². The molecule has 0 radical (unpaired) electrons. The third-order valence-electron chi connectivity index (χ3n) is 5.91. The maximum absolute atomic E-state index is 13.5. The highest BCUT2D eigenvalue weighted by Gasteiger charge is 2.28. The maximum atomic E-state index is 13.5. The molecule has 1 heterocycles. The van der Waals surface area contributed by atoms with E-state index in [0.717, 1.165) is 21.6 Å². The number of benzene rings is 3. The van der Waals surface area contributed by atoms with Gasteiger partial charge in [0.15, 0.2) is 11.5 Å². The number of phenols is 2. The highest BCUT2D eigenvalue weighted by atomic mass is 32.2. The first-order valence-electron chi connectivity index (χ1n) is 11.0. The van der Waals surface area contributed by atoms with Gasteiger partial charge in [-0.2, -0.15) is 9.40 Å². The van der Waals surface area contributed by atoms with Crippen molar-refractivity contribution in [3.63, 3.8) is 0 Å². The number of sulfonamides is 1. The molecule has 9 nitrogen and oxygen atoms in total. The number of aryl methyl sites for hydroxylation is 1. The average molecular weight is 510 g/mol. The summed E-state index contributed by atoms with van der Waals surface area (Å²) < 4.78 is 40.5. The second kappa shape index (κ2) is 9.92. The first-order valence-corrected chi connectivity index (χ1v) is 12.5. The lowest BCUT2D eigenvalue weighted by atomic mass is 10.1. The molecule has 1 aromatic heterocycles. The van der Waals surface area contributed by atoms with Gasteiger partial charge in [-0.1, -0.05) is 30.3 Å². The van der Waals surface area contributed by atoms with Gasteiger partial charge in [0.05, 0.1) is 31.8 Å². The van der Waals surface area contributed by atoms with Crippen molar-refractivity contribution < 1.29 is 28.1 Å². The summed E-state index contributed by atoms with van der Waals surface area (Å²) in [7, 11) is 0.196. The molecule has 188 valence electrons. The normalized spacial score (nSPS) is 11.6. The van der Waals surface area contributed by atoms with E-state index in [1.54, 1.807) is 35.1 Å². The van der Waals surface area contributed by atoms with Crippen molar-refractivity contribution in [2.75, 3.05) is 21.3 Å². The van der Waals surface area contributed by atoms with Gasteiger partial charge in [-0.15, -0.1) is 0 Å². The van der Waals surface area contributed by atoms with Crippen LogP contribution in [-0.2, 0) is 16.6 Å².